The van der Waals surface area contributed by atoms with E-state index in [0.29, 0.717) is 22.7 Å². The molecule has 0 saturated heterocycles. The van der Waals surface area contributed by atoms with Crippen LogP contribution in [-0.2, 0) is 0 Å². The van der Waals surface area contributed by atoms with Gasteiger partial charge >= 0.3 is 0 Å². The normalized spacial score (nSPS) is 10.3. The molecule has 7 aromatic rings. The molecule has 0 aliphatic rings. The molecule has 0 radical (unpaired) electrons. The number of rotatable bonds is 4. The molecule has 0 amide bonds. The Morgan fingerprint density at radius 2 is 0.913 bits per heavy atom. The van der Waals surface area contributed by atoms with E-state index >= 15 is 0 Å². The summed E-state index contributed by atoms with van der Waals surface area (Å²) >= 11 is 0. The number of nitrogens with zero attached hydrogens (tertiary/aromatic N) is 2. The Hall–Kier alpha value is -6.62. The van der Waals surface area contributed by atoms with E-state index in [0.717, 1.165) is 50.3 Å². The molecule has 1 aromatic heterocycles. The summed E-state index contributed by atoms with van der Waals surface area (Å²) in [5, 5.41) is 0. The fourth-order valence-corrected chi connectivity index (χ4v) is 4.95. The van der Waals surface area contributed by atoms with Crippen LogP contribution in [-0.4, -0.2) is 9.97 Å². The van der Waals surface area contributed by atoms with Gasteiger partial charge < -0.3 is 10.5 Å². The average molecular weight is 590 g/mol. The van der Waals surface area contributed by atoms with Gasteiger partial charge in [-0.15, -0.1) is 0 Å². The van der Waals surface area contributed by atoms with Gasteiger partial charge in [0.15, 0.2) is 5.75 Å². The van der Waals surface area contributed by atoms with Crippen LogP contribution < -0.4 is 10.5 Å². The second kappa shape index (κ2) is 12.9. The zero-order chi connectivity index (χ0) is 31.1. The topological polar surface area (TPSA) is 61.0 Å². The Morgan fingerprint density at radius 3 is 1.43 bits per heavy atom. The molecule has 1 heterocycles. The van der Waals surface area contributed by atoms with E-state index in [1.165, 1.54) is 0 Å². The van der Waals surface area contributed by atoms with Crippen molar-refractivity contribution in [3.8, 4) is 57.7 Å². The molecule has 0 atom stereocenters. The zero-order valence-corrected chi connectivity index (χ0v) is 24.8. The Kier molecular flexibility index (Phi) is 7.92. The summed E-state index contributed by atoms with van der Waals surface area (Å²) in [5.74, 6) is 14.2. The van der Waals surface area contributed by atoms with Crippen molar-refractivity contribution in [2.75, 3.05) is 5.73 Å². The molecule has 6 aromatic carbocycles. The first kappa shape index (κ1) is 28.2. The van der Waals surface area contributed by atoms with Crippen LogP contribution in [0.25, 0.3) is 33.5 Å². The first-order chi connectivity index (χ1) is 22.7. The van der Waals surface area contributed by atoms with E-state index in [-0.39, 0.29) is 0 Å². The number of anilines is 1. The van der Waals surface area contributed by atoms with Gasteiger partial charge in [0.2, 0.25) is 0 Å². The Morgan fingerprint density at radius 1 is 0.435 bits per heavy atom. The Labute approximate surface area is 268 Å². The summed E-state index contributed by atoms with van der Waals surface area (Å²) in [6.45, 7) is 0. The third kappa shape index (κ3) is 6.48. The van der Waals surface area contributed by atoms with Gasteiger partial charge in [-0.3, -0.25) is 0 Å². The number of benzene rings is 6. The van der Waals surface area contributed by atoms with E-state index in [1.54, 1.807) is 0 Å². The highest BCUT2D eigenvalue weighted by atomic mass is 16.5. The van der Waals surface area contributed by atoms with Crippen LogP contribution in [0.1, 0.15) is 22.3 Å². The molecule has 0 fully saturated rings. The highest BCUT2D eigenvalue weighted by molar-refractivity contribution is 5.89. The van der Waals surface area contributed by atoms with E-state index < -0.39 is 0 Å². The number of aromatic nitrogens is 2. The summed E-state index contributed by atoms with van der Waals surface area (Å²) in [7, 11) is 0. The van der Waals surface area contributed by atoms with Crippen molar-refractivity contribution in [1.82, 2.24) is 9.97 Å². The van der Waals surface area contributed by atoms with Crippen LogP contribution >= 0.6 is 0 Å². The largest absolute Gasteiger partial charge is 0.455 e. The van der Waals surface area contributed by atoms with Gasteiger partial charge in [0, 0.05) is 39.1 Å². The molecule has 0 spiro atoms. The average Bonchev–Trinajstić information content (AvgIpc) is 3.12. The van der Waals surface area contributed by atoms with Crippen molar-refractivity contribution in [2.24, 2.45) is 0 Å². The first-order valence-corrected chi connectivity index (χ1v) is 14.9. The van der Waals surface area contributed by atoms with Gasteiger partial charge in [-0.25, -0.2) is 9.97 Å². The number of hydrogen-bond donors (Lipinski definition) is 1. The molecular formula is C42H27N3O. The van der Waals surface area contributed by atoms with Crippen molar-refractivity contribution >= 4 is 16.7 Å². The number of ether oxygens (including phenoxy) is 1. The van der Waals surface area contributed by atoms with Gasteiger partial charge in [0.05, 0.1) is 16.9 Å². The minimum absolute atomic E-state index is 0.611. The quantitative estimate of drug-likeness (QED) is 0.164. The molecule has 0 unspecified atom stereocenters. The third-order valence-electron chi connectivity index (χ3n) is 7.33. The molecule has 7 rings (SSSR count). The van der Waals surface area contributed by atoms with Crippen LogP contribution in [0.3, 0.4) is 0 Å². The summed E-state index contributed by atoms with van der Waals surface area (Å²) in [6.07, 6.45) is 0. The van der Waals surface area contributed by atoms with Crippen LogP contribution in [0.2, 0.25) is 0 Å². The lowest BCUT2D eigenvalue weighted by Crippen LogP contribution is -1.98. The van der Waals surface area contributed by atoms with Crippen LogP contribution in [0, 0.1) is 23.7 Å². The molecule has 216 valence electrons. The number of hydrogen-bond acceptors (Lipinski definition) is 4. The molecule has 0 aliphatic heterocycles. The summed E-state index contributed by atoms with van der Waals surface area (Å²) in [6, 6.07) is 49.2. The van der Waals surface area contributed by atoms with Crippen molar-refractivity contribution in [1.29, 1.82) is 0 Å². The fourth-order valence-electron chi connectivity index (χ4n) is 4.95. The van der Waals surface area contributed by atoms with Crippen molar-refractivity contribution < 1.29 is 4.74 Å². The van der Waals surface area contributed by atoms with E-state index in [9.17, 15) is 0 Å². The predicted molar refractivity (Wildman–Crippen MR) is 186 cm³/mol. The van der Waals surface area contributed by atoms with E-state index in [1.807, 2.05) is 152 Å². The number of fused-ring (bicyclic) bond motifs is 1. The molecule has 0 aliphatic carbocycles. The minimum Gasteiger partial charge on any atom is -0.455 e. The highest BCUT2D eigenvalue weighted by Crippen LogP contribution is 2.35. The van der Waals surface area contributed by atoms with Crippen LogP contribution in [0.5, 0.6) is 11.5 Å². The molecule has 0 bridgehead atoms. The minimum atomic E-state index is 0.611. The summed E-state index contributed by atoms with van der Waals surface area (Å²) < 4.78 is 6.26. The molecule has 0 saturated carbocycles. The standard InChI is InChI=1S/C42H27N3O/c43-36-26-28-37(29-27-36)46-39-13-7-12-38-42(39)45-41(35-24-20-33(21-25-35)17-15-31-10-5-2-6-11-31)40(44-38)34-22-18-32(19-23-34)16-14-30-8-3-1-4-9-30/h1-13,18-29H,43H2. The van der Waals surface area contributed by atoms with E-state index in [4.69, 9.17) is 20.4 Å². The number of para-hydroxylation sites is 1. The third-order valence-corrected chi connectivity index (χ3v) is 7.33. The van der Waals surface area contributed by atoms with Crippen molar-refractivity contribution in [3.05, 3.63) is 174 Å². The van der Waals surface area contributed by atoms with Crippen LogP contribution in [0.4, 0.5) is 5.69 Å². The van der Waals surface area contributed by atoms with E-state index in [2.05, 4.69) is 23.7 Å². The second-order valence-electron chi connectivity index (χ2n) is 10.6. The molecule has 4 nitrogen and oxygen atoms in total. The van der Waals surface area contributed by atoms with Gasteiger partial charge in [-0.05, 0) is 84.9 Å². The van der Waals surface area contributed by atoms with Gasteiger partial charge in [0.25, 0.3) is 0 Å². The number of nitrogens with two attached hydrogens (primary N) is 1. The predicted octanol–water partition coefficient (Wildman–Crippen LogP) is 9.14. The Bertz CT molecular complexity index is 2260. The molecule has 4 heteroatoms. The number of nitrogen functional groups attached to an aromatic ring is 1. The SMILES string of the molecule is Nc1ccc(Oc2cccc3nc(-c4ccc(C#Cc5ccccc5)cc4)c(-c4ccc(C#Cc5ccccc5)cc4)nc23)cc1. The van der Waals surface area contributed by atoms with Gasteiger partial charge in [-0.1, -0.05) is 90.4 Å². The van der Waals surface area contributed by atoms with Gasteiger partial charge in [-0.2, -0.15) is 0 Å². The monoisotopic (exact) mass is 589 g/mol. The molecule has 46 heavy (non-hydrogen) atoms. The fraction of sp³-hybridized carbons (Fsp3) is 0. The lowest BCUT2D eigenvalue weighted by Gasteiger charge is -2.13. The molecular weight excluding hydrogens is 562 g/mol. The highest BCUT2D eigenvalue weighted by Gasteiger charge is 2.16. The summed E-state index contributed by atoms with van der Waals surface area (Å²) in [4.78, 5) is 10.3. The van der Waals surface area contributed by atoms with Crippen LogP contribution in [0.15, 0.2) is 152 Å². The maximum atomic E-state index is 6.26. The van der Waals surface area contributed by atoms with Crippen molar-refractivity contribution in [2.45, 2.75) is 0 Å². The smallest absolute Gasteiger partial charge is 0.155 e. The maximum absolute atomic E-state index is 6.26. The second-order valence-corrected chi connectivity index (χ2v) is 10.6. The summed E-state index contributed by atoms with van der Waals surface area (Å²) in [5.41, 5.74) is 15.1. The van der Waals surface area contributed by atoms with Gasteiger partial charge in [0.1, 0.15) is 11.3 Å². The zero-order valence-electron chi connectivity index (χ0n) is 24.8. The molecule has 2 N–H and O–H groups in total. The maximum Gasteiger partial charge on any atom is 0.155 e. The Balaban J connectivity index is 1.29. The lowest BCUT2D eigenvalue weighted by atomic mass is 10.0. The lowest BCUT2D eigenvalue weighted by molar-refractivity contribution is 0.487. The first-order valence-electron chi connectivity index (χ1n) is 14.9. The van der Waals surface area contributed by atoms with Crippen molar-refractivity contribution in [3.63, 3.8) is 0 Å².